The fourth-order valence-corrected chi connectivity index (χ4v) is 3.74. The number of unbranched alkanes of at least 4 members (excludes halogenated alkanes) is 1. The Balaban J connectivity index is 3.65. The zero-order valence-corrected chi connectivity index (χ0v) is 10.3. The zero-order valence-electron chi connectivity index (χ0n) is 9.26. The highest BCUT2D eigenvalue weighted by atomic mass is 28.3. The van der Waals surface area contributed by atoms with Crippen molar-refractivity contribution in [1.29, 1.82) is 0 Å². The molecule has 0 unspecified atom stereocenters. The first-order chi connectivity index (χ1) is 6.09. The second kappa shape index (κ2) is 7.17. The van der Waals surface area contributed by atoms with E-state index in [1.807, 2.05) is 0 Å². The molecule has 0 heterocycles. The molecule has 0 fully saturated rings. The summed E-state index contributed by atoms with van der Waals surface area (Å²) < 4.78 is 5.87. The molecule has 0 aromatic rings. The molecule has 0 bridgehead atoms. The molecule has 0 aliphatic rings. The van der Waals surface area contributed by atoms with Gasteiger partial charge in [0.1, 0.15) is 0 Å². The molecule has 0 amide bonds. The molecule has 0 N–H and O–H groups in total. The lowest BCUT2D eigenvalue weighted by Crippen LogP contribution is -2.25. The standard InChI is InChI=1S/C11H21OSi/c1-6-7-8-9-12-13(10(2)3)11(4)5/h1,10-11H,7-9H2,2-5H3. The number of rotatable bonds is 6. The van der Waals surface area contributed by atoms with Crippen LogP contribution in [-0.2, 0) is 4.43 Å². The minimum absolute atomic E-state index is 0.628. The molecule has 2 heteroatoms. The van der Waals surface area contributed by atoms with Crippen LogP contribution in [0.15, 0.2) is 0 Å². The highest BCUT2D eigenvalue weighted by molar-refractivity contribution is 6.54. The van der Waals surface area contributed by atoms with E-state index in [0.717, 1.165) is 19.4 Å². The van der Waals surface area contributed by atoms with E-state index in [1.54, 1.807) is 0 Å². The first-order valence-corrected chi connectivity index (χ1v) is 6.58. The molecular formula is C11H21OSi. The van der Waals surface area contributed by atoms with Gasteiger partial charge in [-0.1, -0.05) is 27.7 Å². The van der Waals surface area contributed by atoms with Gasteiger partial charge in [-0.05, 0) is 17.5 Å². The fourth-order valence-electron chi connectivity index (χ4n) is 1.36. The normalized spacial score (nSPS) is 11.2. The van der Waals surface area contributed by atoms with E-state index in [-0.39, 0.29) is 0 Å². The van der Waals surface area contributed by atoms with E-state index in [1.165, 1.54) is 0 Å². The second-order valence-corrected chi connectivity index (χ2v) is 7.27. The van der Waals surface area contributed by atoms with Crippen LogP contribution in [0.3, 0.4) is 0 Å². The molecule has 0 aromatic carbocycles. The Bertz CT molecular complexity index is 150. The van der Waals surface area contributed by atoms with Crippen molar-refractivity contribution in [2.45, 2.75) is 51.6 Å². The first kappa shape index (κ1) is 12.7. The molecule has 0 aromatic heterocycles. The minimum Gasteiger partial charge on any atom is -0.416 e. The van der Waals surface area contributed by atoms with Gasteiger partial charge in [-0.25, -0.2) is 0 Å². The third-order valence-electron chi connectivity index (χ3n) is 1.87. The Hall–Kier alpha value is -0.263. The monoisotopic (exact) mass is 197 g/mol. The molecule has 0 rings (SSSR count). The topological polar surface area (TPSA) is 9.23 Å². The number of hydrogen-bond donors (Lipinski definition) is 0. The molecule has 0 aliphatic heterocycles. The predicted octanol–water partition coefficient (Wildman–Crippen LogP) is 3.23. The molecule has 0 spiro atoms. The van der Waals surface area contributed by atoms with Crippen LogP contribution in [0, 0.1) is 12.3 Å². The van der Waals surface area contributed by atoms with Gasteiger partial charge in [-0.3, -0.25) is 0 Å². The Morgan fingerprint density at radius 1 is 1.23 bits per heavy atom. The summed E-state index contributed by atoms with van der Waals surface area (Å²) >= 11 is 0. The molecule has 0 atom stereocenters. The second-order valence-electron chi connectivity index (χ2n) is 3.87. The van der Waals surface area contributed by atoms with Crippen LogP contribution in [0.1, 0.15) is 40.5 Å². The summed E-state index contributed by atoms with van der Waals surface area (Å²) in [7, 11) is -0.628. The fraction of sp³-hybridized carbons (Fsp3) is 0.818. The highest BCUT2D eigenvalue weighted by Crippen LogP contribution is 2.20. The van der Waals surface area contributed by atoms with E-state index in [4.69, 9.17) is 10.8 Å². The summed E-state index contributed by atoms with van der Waals surface area (Å²) in [5.74, 6) is 2.63. The van der Waals surface area contributed by atoms with Crippen LogP contribution >= 0.6 is 0 Å². The van der Waals surface area contributed by atoms with E-state index in [0.29, 0.717) is 11.1 Å². The Labute approximate surface area is 84.6 Å². The average Bonchev–Trinajstić information content (AvgIpc) is 2.02. The van der Waals surface area contributed by atoms with Gasteiger partial charge in [0.05, 0.1) is 0 Å². The van der Waals surface area contributed by atoms with Crippen LogP contribution in [0.25, 0.3) is 0 Å². The lowest BCUT2D eigenvalue weighted by atomic mass is 10.3. The van der Waals surface area contributed by atoms with Crippen LogP contribution in [0.4, 0.5) is 0 Å². The van der Waals surface area contributed by atoms with Gasteiger partial charge >= 0.3 is 0 Å². The Morgan fingerprint density at radius 3 is 2.15 bits per heavy atom. The van der Waals surface area contributed by atoms with Crippen molar-refractivity contribution >= 4 is 9.04 Å². The summed E-state index contributed by atoms with van der Waals surface area (Å²) in [6.45, 7) is 9.82. The van der Waals surface area contributed by atoms with Gasteiger partial charge in [0, 0.05) is 13.0 Å². The molecule has 0 saturated carbocycles. The average molecular weight is 197 g/mol. The van der Waals surface area contributed by atoms with Gasteiger partial charge < -0.3 is 4.43 Å². The van der Waals surface area contributed by atoms with Gasteiger partial charge in [-0.2, -0.15) is 0 Å². The molecule has 13 heavy (non-hydrogen) atoms. The van der Waals surface area contributed by atoms with E-state index < -0.39 is 9.04 Å². The van der Waals surface area contributed by atoms with E-state index >= 15 is 0 Å². The molecular weight excluding hydrogens is 176 g/mol. The summed E-state index contributed by atoms with van der Waals surface area (Å²) in [6.07, 6.45) is 7.01. The lowest BCUT2D eigenvalue weighted by Gasteiger charge is -2.21. The van der Waals surface area contributed by atoms with Crippen molar-refractivity contribution in [1.82, 2.24) is 0 Å². The van der Waals surface area contributed by atoms with Crippen LogP contribution in [0.5, 0.6) is 0 Å². The highest BCUT2D eigenvalue weighted by Gasteiger charge is 2.21. The van der Waals surface area contributed by atoms with Gasteiger partial charge in [0.2, 0.25) is 9.04 Å². The summed E-state index contributed by atoms with van der Waals surface area (Å²) in [6, 6.07) is 0. The Morgan fingerprint density at radius 2 is 1.77 bits per heavy atom. The minimum atomic E-state index is -0.628. The van der Waals surface area contributed by atoms with Crippen molar-refractivity contribution in [2.75, 3.05) is 6.61 Å². The molecule has 0 saturated heterocycles. The quantitative estimate of drug-likeness (QED) is 0.361. The molecule has 1 radical (unpaired) electrons. The molecule has 75 valence electrons. The number of hydrogen-bond acceptors (Lipinski definition) is 1. The number of terminal acetylenes is 1. The summed E-state index contributed by atoms with van der Waals surface area (Å²) in [5.41, 5.74) is 1.38. The SMILES string of the molecule is C#CCCCO[Si](C(C)C)C(C)C. The molecule has 1 nitrogen and oxygen atoms in total. The predicted molar refractivity (Wildman–Crippen MR) is 60.0 cm³/mol. The van der Waals surface area contributed by atoms with Gasteiger partial charge in [0.15, 0.2) is 0 Å². The Kier molecular flexibility index (Phi) is 7.03. The molecule has 0 aliphatic carbocycles. The van der Waals surface area contributed by atoms with Crippen LogP contribution in [-0.4, -0.2) is 15.6 Å². The van der Waals surface area contributed by atoms with E-state index in [9.17, 15) is 0 Å². The first-order valence-electron chi connectivity index (χ1n) is 5.02. The van der Waals surface area contributed by atoms with Crippen LogP contribution < -0.4 is 0 Å². The summed E-state index contributed by atoms with van der Waals surface area (Å²) in [5, 5.41) is 0. The van der Waals surface area contributed by atoms with Crippen molar-refractivity contribution < 1.29 is 4.43 Å². The largest absolute Gasteiger partial charge is 0.416 e. The maximum atomic E-state index is 5.87. The maximum absolute atomic E-state index is 5.87. The zero-order chi connectivity index (χ0) is 10.3. The van der Waals surface area contributed by atoms with Crippen LogP contribution in [0.2, 0.25) is 11.1 Å². The maximum Gasteiger partial charge on any atom is 0.216 e. The van der Waals surface area contributed by atoms with Gasteiger partial charge in [-0.15, -0.1) is 12.3 Å². The third kappa shape index (κ3) is 5.90. The van der Waals surface area contributed by atoms with Gasteiger partial charge in [0.25, 0.3) is 0 Å². The van der Waals surface area contributed by atoms with E-state index in [2.05, 4.69) is 33.6 Å². The van der Waals surface area contributed by atoms with Crippen molar-refractivity contribution in [3.63, 3.8) is 0 Å². The van der Waals surface area contributed by atoms with Crippen molar-refractivity contribution in [3.8, 4) is 12.3 Å². The lowest BCUT2D eigenvalue weighted by molar-refractivity contribution is 0.303. The smallest absolute Gasteiger partial charge is 0.216 e. The van der Waals surface area contributed by atoms with Crippen molar-refractivity contribution in [3.05, 3.63) is 0 Å². The summed E-state index contributed by atoms with van der Waals surface area (Å²) in [4.78, 5) is 0. The van der Waals surface area contributed by atoms with Crippen molar-refractivity contribution in [2.24, 2.45) is 0 Å². The third-order valence-corrected chi connectivity index (χ3v) is 4.69.